The second-order valence-corrected chi connectivity index (χ2v) is 11.7. The smallest absolute Gasteiger partial charge is 0.308 e. The van der Waals surface area contributed by atoms with E-state index >= 15 is 0 Å². The fourth-order valence-corrected chi connectivity index (χ4v) is 5.27. The molecular formula is C36H38N2O10. The lowest BCUT2D eigenvalue weighted by Crippen LogP contribution is -2.48. The second kappa shape index (κ2) is 15.9. The number of carbonyl (C=O) groups excluding carboxylic acids is 6. The van der Waals surface area contributed by atoms with Gasteiger partial charge in [0.15, 0.2) is 17.2 Å². The van der Waals surface area contributed by atoms with Gasteiger partial charge in [-0.15, -0.1) is 0 Å². The van der Waals surface area contributed by atoms with Crippen molar-refractivity contribution in [3.63, 3.8) is 0 Å². The molecule has 0 saturated heterocycles. The van der Waals surface area contributed by atoms with Gasteiger partial charge >= 0.3 is 5.97 Å². The van der Waals surface area contributed by atoms with Gasteiger partial charge < -0.3 is 24.3 Å². The van der Waals surface area contributed by atoms with Crippen molar-refractivity contribution in [2.24, 2.45) is 17.8 Å². The third-order valence-corrected chi connectivity index (χ3v) is 7.98. The zero-order valence-corrected chi connectivity index (χ0v) is 27.4. The predicted octanol–water partition coefficient (Wildman–Crippen LogP) is 3.52. The molecule has 1 N–H and O–H groups in total. The molecule has 1 heterocycles. The van der Waals surface area contributed by atoms with Gasteiger partial charge in [0, 0.05) is 12.5 Å². The molecule has 2 aromatic carbocycles. The Morgan fingerprint density at radius 2 is 1.50 bits per heavy atom. The average Bonchev–Trinajstić information content (AvgIpc) is 3.11. The standard InChI is InChI=1S/C36H38N2O10/c1-20(2)36(44)48-33-21(3)30(40)32(42)25(17-26(39)31(41)24(33)16-22-12-8-6-9-13-22)37-35(43)29-34(27(45-4)18-28(38-29)46-5)47-19-23-14-10-7-11-15-23/h6-15,18,20-21,24-25,33H,16-17,19H2,1-5H3,(H,37,43)/t21-,24+,25+,33-/m1/s1. The molecule has 12 heteroatoms. The highest BCUT2D eigenvalue weighted by atomic mass is 16.5. The third kappa shape index (κ3) is 8.30. The number of ketones is 4. The second-order valence-electron chi connectivity index (χ2n) is 11.7. The maximum Gasteiger partial charge on any atom is 0.308 e. The lowest BCUT2D eigenvalue weighted by Gasteiger charge is -2.29. The van der Waals surface area contributed by atoms with Crippen molar-refractivity contribution in [2.75, 3.05) is 14.2 Å². The molecule has 4 atom stereocenters. The van der Waals surface area contributed by atoms with E-state index in [1.807, 2.05) is 30.3 Å². The SMILES string of the molecule is COc1cc(OC)c(OCc2ccccc2)c(C(=O)N[C@H]2CC(=O)C(=O)[C@H](Cc3ccccc3)[C@H](OC(=O)C(C)C)[C@H](C)C(=O)C2=O)n1. The van der Waals surface area contributed by atoms with E-state index < -0.39 is 71.3 Å². The van der Waals surface area contributed by atoms with Gasteiger partial charge in [0.2, 0.25) is 29.0 Å². The molecule has 4 rings (SSSR count). The number of benzene rings is 2. The van der Waals surface area contributed by atoms with Crippen LogP contribution in [0.3, 0.4) is 0 Å². The largest absolute Gasteiger partial charge is 0.493 e. The molecule has 3 aromatic rings. The van der Waals surface area contributed by atoms with Crippen LogP contribution in [0.5, 0.6) is 17.4 Å². The molecule has 1 aromatic heterocycles. The summed E-state index contributed by atoms with van der Waals surface area (Å²) in [6.45, 7) is 4.55. The zero-order valence-electron chi connectivity index (χ0n) is 27.4. The van der Waals surface area contributed by atoms with Crippen molar-refractivity contribution < 1.29 is 47.7 Å². The Morgan fingerprint density at radius 3 is 2.08 bits per heavy atom. The quantitative estimate of drug-likeness (QED) is 0.237. The van der Waals surface area contributed by atoms with Crippen molar-refractivity contribution in [1.29, 1.82) is 0 Å². The van der Waals surface area contributed by atoms with E-state index in [0.29, 0.717) is 5.56 Å². The van der Waals surface area contributed by atoms with Crippen molar-refractivity contribution >= 4 is 35.0 Å². The molecule has 1 aliphatic carbocycles. The molecule has 252 valence electrons. The van der Waals surface area contributed by atoms with Crippen LogP contribution in [0, 0.1) is 17.8 Å². The Bertz CT molecular complexity index is 1670. The van der Waals surface area contributed by atoms with Crippen LogP contribution >= 0.6 is 0 Å². The highest BCUT2D eigenvalue weighted by molar-refractivity contribution is 6.44. The summed E-state index contributed by atoms with van der Waals surface area (Å²) < 4.78 is 22.3. The van der Waals surface area contributed by atoms with E-state index in [4.69, 9.17) is 18.9 Å². The molecule has 1 fully saturated rings. The van der Waals surface area contributed by atoms with Crippen LogP contribution in [-0.2, 0) is 41.7 Å². The van der Waals surface area contributed by atoms with Gasteiger partial charge in [0.05, 0.1) is 32.0 Å². The summed E-state index contributed by atoms with van der Waals surface area (Å²) >= 11 is 0. The van der Waals surface area contributed by atoms with E-state index in [2.05, 4.69) is 10.3 Å². The lowest BCUT2D eigenvalue weighted by molar-refractivity contribution is -0.163. The van der Waals surface area contributed by atoms with Crippen molar-refractivity contribution in [1.82, 2.24) is 10.3 Å². The number of pyridine rings is 1. The zero-order chi connectivity index (χ0) is 35.0. The van der Waals surface area contributed by atoms with Crippen LogP contribution in [0.1, 0.15) is 48.8 Å². The average molecular weight is 659 g/mol. The van der Waals surface area contributed by atoms with Crippen molar-refractivity contribution in [3.05, 3.63) is 83.6 Å². The molecule has 0 unspecified atom stereocenters. The summed E-state index contributed by atoms with van der Waals surface area (Å²) in [4.78, 5) is 85.4. The number of carbonyl (C=O) groups is 6. The minimum atomic E-state index is -1.73. The van der Waals surface area contributed by atoms with Gasteiger partial charge in [-0.2, -0.15) is 0 Å². The topological polar surface area (TPSA) is 164 Å². The molecule has 1 aliphatic rings. The fourth-order valence-electron chi connectivity index (χ4n) is 5.27. The summed E-state index contributed by atoms with van der Waals surface area (Å²) in [6.07, 6.45) is -2.25. The van der Waals surface area contributed by atoms with Gasteiger partial charge in [-0.1, -0.05) is 81.4 Å². The summed E-state index contributed by atoms with van der Waals surface area (Å²) in [5, 5.41) is 2.42. The molecule has 0 bridgehead atoms. The molecule has 0 radical (unpaired) electrons. The first kappa shape index (κ1) is 35.5. The molecule has 48 heavy (non-hydrogen) atoms. The fraction of sp³-hybridized carbons (Fsp3) is 0.361. The molecule has 0 aliphatic heterocycles. The third-order valence-electron chi connectivity index (χ3n) is 7.98. The first-order valence-electron chi connectivity index (χ1n) is 15.4. The van der Waals surface area contributed by atoms with Crippen LogP contribution < -0.4 is 19.5 Å². The monoisotopic (exact) mass is 658 g/mol. The van der Waals surface area contributed by atoms with Gasteiger partial charge in [0.1, 0.15) is 18.8 Å². The Balaban J connectivity index is 1.70. The first-order chi connectivity index (χ1) is 22.9. The molecule has 12 nitrogen and oxygen atoms in total. The summed E-state index contributed by atoms with van der Waals surface area (Å²) in [5.74, 6) is -8.97. The van der Waals surface area contributed by atoms with E-state index in [0.717, 1.165) is 5.56 Å². The number of rotatable bonds is 11. The number of hydrogen-bond acceptors (Lipinski definition) is 11. The number of nitrogens with one attached hydrogen (secondary N) is 1. The number of hydrogen-bond donors (Lipinski definition) is 1. The number of aromatic nitrogens is 1. The van der Waals surface area contributed by atoms with E-state index in [-0.39, 0.29) is 36.1 Å². The first-order valence-corrected chi connectivity index (χ1v) is 15.4. The number of esters is 1. The number of methoxy groups -OCH3 is 2. The van der Waals surface area contributed by atoms with Crippen LogP contribution in [0.15, 0.2) is 66.7 Å². The van der Waals surface area contributed by atoms with E-state index in [1.165, 1.54) is 27.2 Å². The van der Waals surface area contributed by atoms with Crippen molar-refractivity contribution in [3.8, 4) is 17.4 Å². The summed E-state index contributed by atoms with van der Waals surface area (Å²) in [5.41, 5.74) is 1.08. The van der Waals surface area contributed by atoms with Gasteiger partial charge in [0.25, 0.3) is 5.91 Å². The van der Waals surface area contributed by atoms with Crippen LogP contribution in [0.4, 0.5) is 0 Å². The van der Waals surface area contributed by atoms with Crippen LogP contribution in [0.2, 0.25) is 0 Å². The number of nitrogens with zero attached hydrogens (tertiary/aromatic N) is 1. The lowest BCUT2D eigenvalue weighted by atomic mass is 9.81. The summed E-state index contributed by atoms with van der Waals surface area (Å²) in [6, 6.07) is 17.5. The minimum Gasteiger partial charge on any atom is -0.493 e. The van der Waals surface area contributed by atoms with Crippen molar-refractivity contribution in [2.45, 2.75) is 52.4 Å². The van der Waals surface area contributed by atoms with Gasteiger partial charge in [-0.25, -0.2) is 4.98 Å². The normalized spacial score (nSPS) is 20.0. The Kier molecular flexibility index (Phi) is 11.8. The van der Waals surface area contributed by atoms with E-state index in [1.54, 1.807) is 44.2 Å². The summed E-state index contributed by atoms with van der Waals surface area (Å²) in [7, 11) is 2.68. The highest BCUT2D eigenvalue weighted by Crippen LogP contribution is 2.34. The van der Waals surface area contributed by atoms with Gasteiger partial charge in [-0.05, 0) is 17.5 Å². The maximum absolute atomic E-state index is 13.8. The minimum absolute atomic E-state index is 0.0145. The molecular weight excluding hydrogens is 620 g/mol. The molecule has 1 amide bonds. The maximum atomic E-state index is 13.8. The number of Topliss-reactive ketones (excluding diaryl/α,β-unsaturated/α-hetero) is 4. The number of amides is 1. The van der Waals surface area contributed by atoms with Gasteiger partial charge in [-0.3, -0.25) is 28.8 Å². The Morgan fingerprint density at radius 1 is 0.875 bits per heavy atom. The highest BCUT2D eigenvalue weighted by Gasteiger charge is 2.46. The number of ether oxygens (including phenoxy) is 4. The Labute approximate surface area is 278 Å². The predicted molar refractivity (Wildman–Crippen MR) is 172 cm³/mol. The van der Waals surface area contributed by atoms with Crippen LogP contribution in [-0.4, -0.2) is 66.4 Å². The molecule has 0 spiro atoms. The van der Waals surface area contributed by atoms with Crippen LogP contribution in [0.25, 0.3) is 0 Å². The molecule has 1 saturated carbocycles. The van der Waals surface area contributed by atoms with E-state index in [9.17, 15) is 28.8 Å². The Hall–Kier alpha value is -5.39.